The molecule has 0 saturated carbocycles. The highest BCUT2D eigenvalue weighted by molar-refractivity contribution is 6.12. The summed E-state index contributed by atoms with van der Waals surface area (Å²) in [7, 11) is 0. The van der Waals surface area contributed by atoms with Crippen LogP contribution in [0.3, 0.4) is 0 Å². The molecule has 0 saturated heterocycles. The van der Waals surface area contributed by atoms with Gasteiger partial charge >= 0.3 is 6.09 Å². The predicted octanol–water partition coefficient (Wildman–Crippen LogP) is 1.35. The van der Waals surface area contributed by atoms with Gasteiger partial charge in [0.2, 0.25) is 17.7 Å². The van der Waals surface area contributed by atoms with Gasteiger partial charge in [0.1, 0.15) is 18.7 Å². The molecule has 0 aliphatic carbocycles. The summed E-state index contributed by atoms with van der Waals surface area (Å²) in [4.78, 5) is 72.7. The maximum atomic E-state index is 12.8. The molecule has 0 fully saturated rings. The number of imide groups is 1. The maximum Gasteiger partial charge on any atom is 0.404 e. The van der Waals surface area contributed by atoms with Crippen molar-refractivity contribution < 1.29 is 33.5 Å². The Labute approximate surface area is 221 Å². The third kappa shape index (κ3) is 9.68. The highest BCUT2D eigenvalue weighted by Gasteiger charge is 2.27. The van der Waals surface area contributed by atoms with E-state index in [1.807, 2.05) is 0 Å². The van der Waals surface area contributed by atoms with Crippen LogP contribution in [0.5, 0.6) is 0 Å². The molecule has 5 N–H and O–H groups in total. The SMILES string of the molecule is CC(C)C(NC(=O)CCCCCN1C(=O)C=CC1=O)C(=O)N[C@@H](C)C(=O)Nc1ccc(COC(N)=O)cc1. The zero-order valence-electron chi connectivity index (χ0n) is 21.8. The summed E-state index contributed by atoms with van der Waals surface area (Å²) >= 11 is 0. The molecule has 1 aromatic rings. The number of nitrogens with two attached hydrogens (primary N) is 1. The molecule has 0 spiro atoms. The zero-order valence-corrected chi connectivity index (χ0v) is 21.8. The monoisotopic (exact) mass is 529 g/mol. The average molecular weight is 530 g/mol. The fraction of sp³-hybridized carbons (Fsp3) is 0.462. The smallest absolute Gasteiger partial charge is 0.404 e. The van der Waals surface area contributed by atoms with Gasteiger partial charge < -0.3 is 26.4 Å². The van der Waals surface area contributed by atoms with E-state index in [1.165, 1.54) is 19.1 Å². The Bertz CT molecular complexity index is 1050. The van der Waals surface area contributed by atoms with Crippen LogP contribution in [0.4, 0.5) is 10.5 Å². The van der Waals surface area contributed by atoms with Crippen LogP contribution in [0.25, 0.3) is 0 Å². The van der Waals surface area contributed by atoms with Crippen molar-refractivity contribution in [2.75, 3.05) is 11.9 Å². The third-order valence-corrected chi connectivity index (χ3v) is 5.81. The van der Waals surface area contributed by atoms with Crippen molar-refractivity contribution in [1.29, 1.82) is 0 Å². The van der Waals surface area contributed by atoms with Crippen LogP contribution in [-0.4, -0.2) is 59.2 Å². The fourth-order valence-electron chi connectivity index (χ4n) is 3.62. The van der Waals surface area contributed by atoms with Gasteiger partial charge in [0.05, 0.1) is 0 Å². The molecule has 0 aromatic heterocycles. The summed E-state index contributed by atoms with van der Waals surface area (Å²) in [6, 6.07) is 4.88. The van der Waals surface area contributed by atoms with Crippen LogP contribution in [-0.2, 0) is 35.3 Å². The molecule has 6 amide bonds. The topological polar surface area (TPSA) is 177 Å². The van der Waals surface area contributed by atoms with Gasteiger partial charge in [-0.3, -0.25) is 28.9 Å². The summed E-state index contributed by atoms with van der Waals surface area (Å²) in [5.74, 6) is -2.10. The molecule has 12 heteroatoms. The molecule has 12 nitrogen and oxygen atoms in total. The number of nitrogens with zero attached hydrogens (tertiary/aromatic N) is 1. The van der Waals surface area contributed by atoms with E-state index in [9.17, 15) is 28.8 Å². The first kappa shape index (κ1) is 30.0. The number of rotatable bonds is 14. The van der Waals surface area contributed by atoms with Crippen molar-refractivity contribution in [3.63, 3.8) is 0 Å². The number of ether oxygens (including phenoxy) is 1. The van der Waals surface area contributed by atoms with Gasteiger partial charge in [-0.05, 0) is 43.4 Å². The Morgan fingerprint density at radius 1 is 0.895 bits per heavy atom. The van der Waals surface area contributed by atoms with Crippen molar-refractivity contribution >= 4 is 41.3 Å². The summed E-state index contributed by atoms with van der Waals surface area (Å²) in [6.07, 6.45) is 3.53. The number of amides is 6. The molecule has 1 aliphatic heterocycles. The highest BCUT2D eigenvalue weighted by Crippen LogP contribution is 2.12. The molecule has 1 aromatic carbocycles. The van der Waals surface area contributed by atoms with Crippen LogP contribution in [0, 0.1) is 5.92 Å². The second-order valence-electron chi connectivity index (χ2n) is 9.29. The minimum Gasteiger partial charge on any atom is -0.445 e. The highest BCUT2D eigenvalue weighted by atomic mass is 16.5. The lowest BCUT2D eigenvalue weighted by Crippen LogP contribution is -2.53. The Morgan fingerprint density at radius 3 is 2.11 bits per heavy atom. The third-order valence-electron chi connectivity index (χ3n) is 5.81. The molecule has 2 rings (SSSR count). The van der Waals surface area contributed by atoms with Crippen molar-refractivity contribution in [3.05, 3.63) is 42.0 Å². The van der Waals surface area contributed by atoms with Crippen molar-refractivity contribution in [1.82, 2.24) is 15.5 Å². The van der Waals surface area contributed by atoms with Gasteiger partial charge in [0.15, 0.2) is 0 Å². The van der Waals surface area contributed by atoms with E-state index in [-0.39, 0.29) is 36.7 Å². The van der Waals surface area contributed by atoms with Gasteiger partial charge in [0.25, 0.3) is 11.8 Å². The van der Waals surface area contributed by atoms with Gasteiger partial charge in [-0.25, -0.2) is 4.79 Å². The first-order chi connectivity index (χ1) is 18.0. The standard InChI is InChI=1S/C26H35N5O7/c1-16(2)23(30-20(32)7-5-4-6-14-31-21(33)12-13-22(31)34)25(36)28-17(3)24(35)29-19-10-8-18(9-11-19)15-38-26(27)37/h8-13,16-17,23H,4-7,14-15H2,1-3H3,(H2,27,37)(H,28,36)(H,29,35)(H,30,32)/t17-,23?/m0/s1. The quantitative estimate of drug-likeness (QED) is 0.208. The molecule has 0 radical (unpaired) electrons. The lowest BCUT2D eigenvalue weighted by atomic mass is 10.0. The maximum absolute atomic E-state index is 12.8. The second kappa shape index (κ2) is 14.5. The molecule has 38 heavy (non-hydrogen) atoms. The number of carbonyl (C=O) groups is 6. The minimum absolute atomic E-state index is 0.0106. The molecular weight excluding hydrogens is 494 g/mol. The van der Waals surface area contributed by atoms with E-state index in [1.54, 1.807) is 38.1 Å². The van der Waals surface area contributed by atoms with E-state index < -0.39 is 30.0 Å². The number of hydrogen-bond acceptors (Lipinski definition) is 7. The number of anilines is 1. The summed E-state index contributed by atoms with van der Waals surface area (Å²) in [6.45, 7) is 5.43. The summed E-state index contributed by atoms with van der Waals surface area (Å²) < 4.78 is 4.71. The van der Waals surface area contributed by atoms with Crippen molar-refractivity contribution in [2.24, 2.45) is 11.7 Å². The van der Waals surface area contributed by atoms with E-state index in [0.29, 0.717) is 37.1 Å². The molecule has 0 bridgehead atoms. The van der Waals surface area contributed by atoms with Crippen LogP contribution in [0.15, 0.2) is 36.4 Å². The number of nitrogens with one attached hydrogen (secondary N) is 3. The molecule has 1 aliphatic rings. The zero-order chi connectivity index (χ0) is 28.2. The van der Waals surface area contributed by atoms with Crippen LogP contribution in [0.2, 0.25) is 0 Å². The number of carbonyl (C=O) groups excluding carboxylic acids is 6. The molecule has 1 unspecified atom stereocenters. The fourth-order valence-corrected chi connectivity index (χ4v) is 3.62. The van der Waals surface area contributed by atoms with E-state index >= 15 is 0 Å². The van der Waals surface area contributed by atoms with Crippen molar-refractivity contribution in [3.8, 4) is 0 Å². The second-order valence-corrected chi connectivity index (χ2v) is 9.29. The van der Waals surface area contributed by atoms with Crippen LogP contribution < -0.4 is 21.7 Å². The average Bonchev–Trinajstić information content (AvgIpc) is 3.18. The largest absolute Gasteiger partial charge is 0.445 e. The van der Waals surface area contributed by atoms with E-state index in [2.05, 4.69) is 16.0 Å². The predicted molar refractivity (Wildman–Crippen MR) is 138 cm³/mol. The summed E-state index contributed by atoms with van der Waals surface area (Å²) in [5.41, 5.74) is 6.11. The van der Waals surface area contributed by atoms with E-state index in [4.69, 9.17) is 10.5 Å². The first-order valence-electron chi connectivity index (χ1n) is 12.4. The molecule has 2 atom stereocenters. The lowest BCUT2D eigenvalue weighted by molar-refractivity contribution is -0.137. The number of hydrogen-bond donors (Lipinski definition) is 4. The van der Waals surface area contributed by atoms with E-state index in [0.717, 1.165) is 4.90 Å². The number of benzene rings is 1. The number of primary amides is 1. The molecule has 206 valence electrons. The Morgan fingerprint density at radius 2 is 1.53 bits per heavy atom. The molecule has 1 heterocycles. The minimum atomic E-state index is -0.883. The normalized spacial score (nSPS) is 14.3. The first-order valence-corrected chi connectivity index (χ1v) is 12.4. The van der Waals surface area contributed by atoms with Gasteiger partial charge in [-0.2, -0.15) is 0 Å². The van der Waals surface area contributed by atoms with Gasteiger partial charge in [-0.1, -0.05) is 32.4 Å². The van der Waals surface area contributed by atoms with Gasteiger partial charge in [-0.15, -0.1) is 0 Å². The number of unbranched alkanes of at least 4 members (excludes halogenated alkanes) is 2. The van der Waals surface area contributed by atoms with Gasteiger partial charge in [0, 0.05) is 30.8 Å². The van der Waals surface area contributed by atoms with Crippen molar-refractivity contribution in [2.45, 2.75) is 65.1 Å². The van der Waals surface area contributed by atoms with Crippen LogP contribution >= 0.6 is 0 Å². The van der Waals surface area contributed by atoms with Crippen LogP contribution in [0.1, 0.15) is 52.0 Å². The Kier molecular flexibility index (Phi) is 11.5. The summed E-state index contributed by atoms with van der Waals surface area (Å²) in [5, 5.41) is 8.05. The Hall–Kier alpha value is -4.22. The lowest BCUT2D eigenvalue weighted by Gasteiger charge is -2.24. The Balaban J connectivity index is 1.75. The molecular formula is C26H35N5O7.